The minimum atomic E-state index is -0.271. The number of aromatic hydroxyl groups is 1. The number of nitrogens with one attached hydrogen (secondary N) is 3. The van der Waals surface area contributed by atoms with Gasteiger partial charge in [-0.2, -0.15) is 0 Å². The molecule has 0 aliphatic carbocycles. The molecule has 0 radical (unpaired) electrons. The number of rotatable bonds is 4. The van der Waals surface area contributed by atoms with Gasteiger partial charge in [0.1, 0.15) is 10.6 Å². The number of aromatic nitrogens is 3. The average molecular weight is 329 g/mol. The van der Waals surface area contributed by atoms with Crippen molar-refractivity contribution in [3.05, 3.63) is 46.7 Å². The van der Waals surface area contributed by atoms with Crippen molar-refractivity contribution in [2.75, 3.05) is 10.6 Å². The highest BCUT2D eigenvalue weighted by Gasteiger charge is 2.15. The molecule has 2 aromatic heterocycles. The molecule has 4 N–H and O–H groups in total. The number of carbonyl (C=O) groups is 1. The second kappa shape index (κ2) is 6.09. The van der Waals surface area contributed by atoms with Crippen LogP contribution in [0.5, 0.6) is 5.75 Å². The molecule has 23 heavy (non-hydrogen) atoms. The second-order valence-corrected chi connectivity index (χ2v) is 5.98. The van der Waals surface area contributed by atoms with E-state index < -0.39 is 0 Å². The van der Waals surface area contributed by atoms with Gasteiger partial charge in [0, 0.05) is 18.0 Å². The molecule has 1 aromatic carbocycles. The third-order valence-electron chi connectivity index (χ3n) is 3.34. The minimum Gasteiger partial charge on any atom is -0.508 e. The number of hydrogen-bond donors (Lipinski definition) is 4. The highest BCUT2D eigenvalue weighted by atomic mass is 32.1. The van der Waals surface area contributed by atoms with E-state index in [0.717, 1.165) is 5.56 Å². The quantitative estimate of drug-likeness (QED) is 0.588. The predicted molar refractivity (Wildman–Crippen MR) is 89.5 cm³/mol. The van der Waals surface area contributed by atoms with Gasteiger partial charge in [0.25, 0.3) is 5.91 Å². The Balaban J connectivity index is 1.77. The fraction of sp³-hybridized carbons (Fsp3) is 0.133. The van der Waals surface area contributed by atoms with Gasteiger partial charge in [-0.3, -0.25) is 4.79 Å². The second-order valence-electron chi connectivity index (χ2n) is 4.95. The number of anilines is 3. The van der Waals surface area contributed by atoms with Crippen molar-refractivity contribution in [2.45, 2.75) is 13.8 Å². The van der Waals surface area contributed by atoms with Crippen molar-refractivity contribution in [1.29, 1.82) is 0 Å². The highest BCUT2D eigenvalue weighted by molar-refractivity contribution is 7.17. The van der Waals surface area contributed by atoms with Crippen LogP contribution in [0.1, 0.15) is 20.8 Å². The van der Waals surface area contributed by atoms with Crippen LogP contribution < -0.4 is 10.6 Å². The van der Waals surface area contributed by atoms with Gasteiger partial charge < -0.3 is 20.7 Å². The number of thiazole rings is 1. The Kier molecular flexibility index (Phi) is 3.98. The summed E-state index contributed by atoms with van der Waals surface area (Å²) in [5.74, 6) is 0.438. The number of amides is 1. The first-order chi connectivity index (χ1) is 11.0. The Labute approximate surface area is 136 Å². The fourth-order valence-corrected chi connectivity index (χ4v) is 2.79. The van der Waals surface area contributed by atoms with Crippen molar-refractivity contribution in [3.8, 4) is 5.75 Å². The van der Waals surface area contributed by atoms with E-state index in [2.05, 4.69) is 25.6 Å². The van der Waals surface area contributed by atoms with Crippen LogP contribution in [0.25, 0.3) is 0 Å². The smallest absolute Gasteiger partial charge is 0.267 e. The van der Waals surface area contributed by atoms with Crippen molar-refractivity contribution in [2.24, 2.45) is 0 Å². The summed E-state index contributed by atoms with van der Waals surface area (Å²) in [5.41, 5.74) is 2.13. The number of hydrogen-bond acceptors (Lipinski definition) is 6. The summed E-state index contributed by atoms with van der Waals surface area (Å²) in [4.78, 5) is 23.9. The van der Waals surface area contributed by atoms with E-state index in [1.54, 1.807) is 31.5 Å². The molecule has 0 bridgehead atoms. The first kappa shape index (κ1) is 15.0. The monoisotopic (exact) mass is 329 g/mol. The standard InChI is InChI=1S/C15H15N5O2S/c1-8-3-4-10(21)9(2)12(8)19-13(22)11-7-18-15(23-11)20-14-16-5-6-17-14/h3-7,21H,1-2H3,(H,19,22)(H2,16,17,18,20). The molecule has 0 saturated heterocycles. The number of H-pyrrole nitrogens is 1. The lowest BCUT2D eigenvalue weighted by molar-refractivity contribution is 0.103. The van der Waals surface area contributed by atoms with Gasteiger partial charge in [0.05, 0.1) is 11.9 Å². The summed E-state index contributed by atoms with van der Waals surface area (Å²) in [6, 6.07) is 3.37. The van der Waals surface area contributed by atoms with Crippen LogP contribution in [0.3, 0.4) is 0 Å². The predicted octanol–water partition coefficient (Wildman–Crippen LogP) is 3.18. The van der Waals surface area contributed by atoms with Crippen molar-refractivity contribution in [1.82, 2.24) is 15.0 Å². The zero-order valence-corrected chi connectivity index (χ0v) is 13.4. The molecule has 118 valence electrons. The number of benzene rings is 1. The van der Waals surface area contributed by atoms with Gasteiger partial charge in [0.2, 0.25) is 5.95 Å². The Morgan fingerprint density at radius 2 is 2.13 bits per heavy atom. The summed E-state index contributed by atoms with van der Waals surface area (Å²) >= 11 is 1.22. The Morgan fingerprint density at radius 1 is 1.30 bits per heavy atom. The molecule has 3 aromatic rings. The molecule has 8 heteroatoms. The number of aromatic amines is 1. The summed E-state index contributed by atoms with van der Waals surface area (Å²) < 4.78 is 0. The maximum absolute atomic E-state index is 12.4. The number of nitrogens with zero attached hydrogens (tertiary/aromatic N) is 2. The van der Waals surface area contributed by atoms with Crippen LogP contribution in [0, 0.1) is 13.8 Å². The summed E-state index contributed by atoms with van der Waals surface area (Å²) in [6.07, 6.45) is 4.81. The van der Waals surface area contributed by atoms with Crippen molar-refractivity contribution < 1.29 is 9.90 Å². The molecule has 0 aliphatic heterocycles. The molecule has 0 spiro atoms. The van der Waals surface area contributed by atoms with E-state index in [9.17, 15) is 9.90 Å². The van der Waals surface area contributed by atoms with Crippen LogP contribution in [-0.2, 0) is 0 Å². The van der Waals surface area contributed by atoms with Gasteiger partial charge in [-0.1, -0.05) is 17.4 Å². The molecule has 0 fully saturated rings. The van der Waals surface area contributed by atoms with E-state index >= 15 is 0 Å². The molecule has 7 nitrogen and oxygen atoms in total. The van der Waals surface area contributed by atoms with E-state index in [1.807, 2.05) is 6.92 Å². The number of phenolic OH excluding ortho intramolecular Hbond substituents is 1. The number of carbonyl (C=O) groups excluding carboxylic acids is 1. The normalized spacial score (nSPS) is 10.5. The molecule has 0 saturated carbocycles. The van der Waals surface area contributed by atoms with Crippen LogP contribution >= 0.6 is 11.3 Å². The Bertz CT molecular complexity index is 842. The van der Waals surface area contributed by atoms with E-state index in [-0.39, 0.29) is 11.7 Å². The maximum atomic E-state index is 12.4. The number of phenols is 1. The molecule has 0 aliphatic rings. The van der Waals surface area contributed by atoms with Gasteiger partial charge in [0.15, 0.2) is 5.13 Å². The maximum Gasteiger partial charge on any atom is 0.267 e. The van der Waals surface area contributed by atoms with E-state index in [4.69, 9.17) is 0 Å². The highest BCUT2D eigenvalue weighted by Crippen LogP contribution is 2.29. The zero-order chi connectivity index (χ0) is 16.4. The van der Waals surface area contributed by atoms with Gasteiger partial charge >= 0.3 is 0 Å². The Hall–Kier alpha value is -2.87. The molecule has 2 heterocycles. The minimum absolute atomic E-state index is 0.148. The first-order valence-corrected chi connectivity index (χ1v) is 7.69. The van der Waals surface area contributed by atoms with Gasteiger partial charge in [-0.05, 0) is 25.5 Å². The van der Waals surface area contributed by atoms with Gasteiger partial charge in [-0.25, -0.2) is 9.97 Å². The molecule has 1 amide bonds. The largest absolute Gasteiger partial charge is 0.508 e. The third kappa shape index (κ3) is 3.16. The van der Waals surface area contributed by atoms with Crippen LogP contribution in [0.2, 0.25) is 0 Å². The van der Waals surface area contributed by atoms with Crippen LogP contribution in [0.15, 0.2) is 30.7 Å². The lowest BCUT2D eigenvalue weighted by atomic mass is 10.1. The molecule has 0 unspecified atom stereocenters. The summed E-state index contributed by atoms with van der Waals surface area (Å²) in [6.45, 7) is 3.63. The number of aryl methyl sites for hydroxylation is 1. The van der Waals surface area contributed by atoms with Crippen LogP contribution in [0.4, 0.5) is 16.8 Å². The summed E-state index contributed by atoms with van der Waals surface area (Å²) in [7, 11) is 0. The Morgan fingerprint density at radius 3 is 2.87 bits per heavy atom. The van der Waals surface area contributed by atoms with E-state index in [1.165, 1.54) is 17.5 Å². The van der Waals surface area contributed by atoms with Crippen LogP contribution in [-0.4, -0.2) is 26.0 Å². The van der Waals surface area contributed by atoms with E-state index in [0.29, 0.717) is 27.2 Å². The van der Waals surface area contributed by atoms with Crippen molar-refractivity contribution >= 4 is 34.0 Å². The fourth-order valence-electron chi connectivity index (χ4n) is 2.08. The average Bonchev–Trinajstić information content (AvgIpc) is 3.20. The first-order valence-electron chi connectivity index (χ1n) is 6.87. The SMILES string of the molecule is Cc1ccc(O)c(C)c1NC(=O)c1cnc(Nc2ncc[nH]2)s1. The lowest BCUT2D eigenvalue weighted by Crippen LogP contribution is -2.12. The van der Waals surface area contributed by atoms with Crippen molar-refractivity contribution in [3.63, 3.8) is 0 Å². The zero-order valence-electron chi connectivity index (χ0n) is 12.5. The third-order valence-corrected chi connectivity index (χ3v) is 4.25. The summed E-state index contributed by atoms with van der Waals surface area (Å²) in [5, 5.41) is 16.1. The van der Waals surface area contributed by atoms with Gasteiger partial charge in [-0.15, -0.1) is 0 Å². The molecule has 3 rings (SSSR count). The topological polar surface area (TPSA) is 103 Å². The molecular weight excluding hydrogens is 314 g/mol. The molecule has 0 atom stereocenters. The lowest BCUT2D eigenvalue weighted by Gasteiger charge is -2.11. The molecular formula is C15H15N5O2S. The number of imidazole rings is 1.